The van der Waals surface area contributed by atoms with E-state index in [2.05, 4.69) is 62.0 Å². The molecule has 0 saturated heterocycles. The topological polar surface area (TPSA) is 129 Å². The van der Waals surface area contributed by atoms with Gasteiger partial charge in [0.25, 0.3) is 0 Å². The Morgan fingerprint density at radius 3 is 1.60 bits per heavy atom. The molecule has 9 nitrogen and oxygen atoms in total. The van der Waals surface area contributed by atoms with Gasteiger partial charge in [0.05, 0.1) is 19.3 Å². The lowest BCUT2D eigenvalue weighted by molar-refractivity contribution is -0.249. The van der Waals surface area contributed by atoms with Gasteiger partial charge in [-0.15, -0.1) is 0 Å². The number of aliphatic hydroxyl groups excluding tert-OH is 1. The van der Waals surface area contributed by atoms with Crippen LogP contribution < -0.4 is 0 Å². The van der Waals surface area contributed by atoms with Gasteiger partial charge in [0, 0.05) is 12.8 Å². The molecule has 0 aromatic rings. The molecule has 12 atom stereocenters. The summed E-state index contributed by atoms with van der Waals surface area (Å²) in [6.07, 6.45) is 41.4. The van der Waals surface area contributed by atoms with E-state index >= 15 is 0 Å². The van der Waals surface area contributed by atoms with E-state index in [0.717, 1.165) is 83.5 Å². The van der Waals surface area contributed by atoms with Gasteiger partial charge in [-0.3, -0.25) is 18.6 Å². The molecule has 10 heteroatoms. The van der Waals surface area contributed by atoms with Crippen LogP contribution in [0, 0.1) is 56.7 Å². The zero-order valence-corrected chi connectivity index (χ0v) is 50.8. The number of carbonyl (C=O) groups excluding carboxylic acids is 2. The number of phosphoric acid groups is 1. The number of hydrogen-bond acceptors (Lipinski definition) is 8. The molecular formula is C65H117O9P. The van der Waals surface area contributed by atoms with Crippen LogP contribution in [0.15, 0.2) is 12.2 Å². The van der Waals surface area contributed by atoms with Crippen molar-refractivity contribution in [3.8, 4) is 0 Å². The van der Waals surface area contributed by atoms with Crippen molar-refractivity contribution in [3.63, 3.8) is 0 Å². The quantitative estimate of drug-likeness (QED) is 0.0269. The zero-order chi connectivity index (χ0) is 54.6. The van der Waals surface area contributed by atoms with Gasteiger partial charge in [0.1, 0.15) is 6.61 Å². The van der Waals surface area contributed by atoms with Gasteiger partial charge in [0.15, 0.2) is 6.10 Å². The summed E-state index contributed by atoms with van der Waals surface area (Å²) in [5.41, 5.74) is 1.27. The third kappa shape index (κ3) is 17.6. The molecule has 2 N–H and O–H groups in total. The van der Waals surface area contributed by atoms with Crippen molar-refractivity contribution >= 4 is 19.8 Å². The molecule has 1 unspecified atom stereocenters. The molecule has 0 heterocycles. The Kier molecular flexibility index (Phi) is 26.8. The smallest absolute Gasteiger partial charge is 0.462 e. The first-order valence-corrected chi connectivity index (χ1v) is 33.6. The summed E-state index contributed by atoms with van der Waals surface area (Å²) in [5, 5.41) is 11.2. The number of rotatable bonds is 38. The number of phosphoric ester groups is 1. The van der Waals surface area contributed by atoms with Crippen LogP contribution in [-0.2, 0) is 32.7 Å². The van der Waals surface area contributed by atoms with Gasteiger partial charge in [-0.1, -0.05) is 215 Å². The lowest BCUT2D eigenvalue weighted by Gasteiger charge is -2.73. The lowest BCUT2D eigenvalue weighted by Crippen LogP contribution is -2.66. The molecule has 0 bridgehead atoms. The van der Waals surface area contributed by atoms with Crippen molar-refractivity contribution in [1.82, 2.24) is 0 Å². The molecule has 5 fully saturated rings. The van der Waals surface area contributed by atoms with Crippen molar-refractivity contribution in [1.29, 1.82) is 0 Å². The van der Waals surface area contributed by atoms with E-state index < -0.39 is 26.5 Å². The maximum absolute atomic E-state index is 14.0. The Labute approximate surface area is 460 Å². The minimum Gasteiger partial charge on any atom is -0.462 e. The Bertz CT molecular complexity index is 1750. The number of hydrogen-bond donors (Lipinski definition) is 2. The second-order valence-electron chi connectivity index (χ2n) is 27.2. The zero-order valence-electron chi connectivity index (χ0n) is 49.9. The van der Waals surface area contributed by atoms with Crippen LogP contribution in [0.1, 0.15) is 299 Å². The SMILES string of the molecule is C=C(C)[C@@H]1CC[C@]2(COP(=O)(O)OC[C@@H](COC(=O)CCCCCCCCCCCCCCC)OC(=O)CCCCCCCCCCCCCCC)CC[C@]3(C)[C@H](CC[C@@H]4[C@@]5(C)CC[C@H](O)C(C)(C)[C@@H]5CC[C@]43C)[C@@H]12. The lowest BCUT2D eigenvalue weighted by atomic mass is 9.32. The monoisotopic (exact) mass is 1070 g/mol. The standard InChI is InChI=1S/C65H117O9P/c1-10-12-14-16-18-20-22-24-26-28-30-32-34-36-58(67)71-48-52(74-59(68)37-35-33-31-29-27-25-23-21-19-17-15-13-11-2)49-72-75(69,70)73-50-65-45-40-53(51(3)4)60(65)54-38-39-56-62(7)43-42-57(66)61(5,6)55(62)41-44-64(56,9)63(54,8)46-47-65/h52-57,60,66H,3,10-50H2,1-2,4-9H3,(H,69,70)/t52-,53+,54-,55+,56-,57+,60-,62+,63-,64-,65-/m1/s1. The van der Waals surface area contributed by atoms with E-state index in [0.29, 0.717) is 30.1 Å². The van der Waals surface area contributed by atoms with Crippen LogP contribution in [-0.4, -0.2) is 54.0 Å². The van der Waals surface area contributed by atoms with Crippen LogP contribution in [0.5, 0.6) is 0 Å². The third-order valence-electron chi connectivity index (χ3n) is 21.9. The maximum Gasteiger partial charge on any atom is 0.472 e. The molecule has 0 radical (unpaired) electrons. The largest absolute Gasteiger partial charge is 0.472 e. The van der Waals surface area contributed by atoms with Gasteiger partial charge in [0.2, 0.25) is 0 Å². The van der Waals surface area contributed by atoms with Crippen LogP contribution >= 0.6 is 7.82 Å². The highest BCUT2D eigenvalue weighted by atomic mass is 31.2. The Balaban J connectivity index is 1.13. The van der Waals surface area contributed by atoms with Gasteiger partial charge < -0.3 is 19.5 Å². The van der Waals surface area contributed by atoms with Crippen molar-refractivity contribution in [2.75, 3.05) is 19.8 Å². The summed E-state index contributed by atoms with van der Waals surface area (Å²) >= 11 is 0. The minimum absolute atomic E-state index is 0.0919. The summed E-state index contributed by atoms with van der Waals surface area (Å²) in [6, 6.07) is 0. The molecule has 0 aliphatic heterocycles. The summed E-state index contributed by atoms with van der Waals surface area (Å²) in [6.45, 7) is 23.2. The summed E-state index contributed by atoms with van der Waals surface area (Å²) in [5.74, 6) is 1.38. The molecule has 0 spiro atoms. The number of carbonyl (C=O) groups is 2. The second-order valence-corrected chi connectivity index (χ2v) is 28.7. The fourth-order valence-corrected chi connectivity index (χ4v) is 18.0. The normalized spacial score (nSPS) is 32.1. The van der Waals surface area contributed by atoms with Crippen molar-refractivity contribution < 1.29 is 42.7 Å². The van der Waals surface area contributed by atoms with Crippen LogP contribution in [0.4, 0.5) is 0 Å². The maximum atomic E-state index is 14.0. The molecular weight excluding hydrogens is 956 g/mol. The number of ether oxygens (including phenoxy) is 2. The second kappa shape index (κ2) is 31.1. The molecule has 75 heavy (non-hydrogen) atoms. The molecule has 5 rings (SSSR count). The van der Waals surface area contributed by atoms with E-state index in [1.807, 2.05) is 0 Å². The van der Waals surface area contributed by atoms with E-state index in [1.165, 1.54) is 147 Å². The molecule has 436 valence electrons. The molecule has 5 aliphatic rings. The van der Waals surface area contributed by atoms with Crippen molar-refractivity contribution in [3.05, 3.63) is 12.2 Å². The first-order valence-electron chi connectivity index (χ1n) is 32.1. The summed E-state index contributed by atoms with van der Waals surface area (Å²) < 4.78 is 37.4. The highest BCUT2D eigenvalue weighted by Crippen LogP contribution is 2.77. The van der Waals surface area contributed by atoms with E-state index in [9.17, 15) is 24.2 Å². The first kappa shape index (κ1) is 64.6. The summed E-state index contributed by atoms with van der Waals surface area (Å²) in [4.78, 5) is 37.7. The Morgan fingerprint density at radius 2 is 1.08 bits per heavy atom. The van der Waals surface area contributed by atoms with Gasteiger partial charge in [-0.2, -0.15) is 0 Å². The molecule has 5 aliphatic carbocycles. The average molecular weight is 1070 g/mol. The molecule has 5 saturated carbocycles. The Hall–Kier alpha value is -1.25. The average Bonchev–Trinajstić information content (AvgIpc) is 3.77. The highest BCUT2D eigenvalue weighted by molar-refractivity contribution is 7.47. The highest BCUT2D eigenvalue weighted by Gasteiger charge is 2.71. The van der Waals surface area contributed by atoms with E-state index in [-0.39, 0.29) is 71.1 Å². The number of fused-ring (bicyclic) bond motifs is 7. The number of aliphatic hydroxyl groups is 1. The van der Waals surface area contributed by atoms with Crippen molar-refractivity contribution in [2.24, 2.45) is 56.7 Å². The van der Waals surface area contributed by atoms with E-state index in [1.54, 1.807) is 0 Å². The third-order valence-corrected chi connectivity index (χ3v) is 22.8. The fraction of sp³-hybridized carbons (Fsp3) is 0.938. The molecule has 0 aromatic carbocycles. The predicted octanol–water partition coefficient (Wildman–Crippen LogP) is 18.6. The van der Waals surface area contributed by atoms with Crippen molar-refractivity contribution in [2.45, 2.75) is 312 Å². The number of unbranched alkanes of at least 4 members (excludes halogenated alkanes) is 24. The Morgan fingerprint density at radius 1 is 0.573 bits per heavy atom. The van der Waals surface area contributed by atoms with Crippen LogP contribution in [0.25, 0.3) is 0 Å². The number of esters is 2. The summed E-state index contributed by atoms with van der Waals surface area (Å²) in [7, 11) is -4.60. The van der Waals surface area contributed by atoms with Gasteiger partial charge in [-0.05, 0) is 141 Å². The molecule has 0 amide bonds. The van der Waals surface area contributed by atoms with Crippen LogP contribution in [0.2, 0.25) is 0 Å². The first-order chi connectivity index (χ1) is 35.8. The van der Waals surface area contributed by atoms with E-state index in [4.69, 9.17) is 18.5 Å². The molecule has 0 aromatic heterocycles. The van der Waals surface area contributed by atoms with Gasteiger partial charge >= 0.3 is 19.8 Å². The fourth-order valence-electron chi connectivity index (χ4n) is 17.1. The predicted molar refractivity (Wildman–Crippen MR) is 308 cm³/mol. The minimum atomic E-state index is -4.60. The van der Waals surface area contributed by atoms with Crippen LogP contribution in [0.3, 0.4) is 0 Å². The number of allylic oxidation sites excluding steroid dienone is 1. The van der Waals surface area contributed by atoms with Gasteiger partial charge in [-0.25, -0.2) is 4.57 Å².